The van der Waals surface area contributed by atoms with Crippen molar-refractivity contribution in [3.05, 3.63) is 59.7 Å². The standard InChI is InChI=1S/C13H11FN2O3S/c1-9-8-10(5-6-11(9)14)20(18,19)16-13(17)12-4-2-3-7-15-12/h2-8H,1H3,(H,16,17). The number of hydrogen-bond donors (Lipinski definition) is 1. The van der Waals surface area contributed by atoms with Crippen LogP contribution in [0, 0.1) is 12.7 Å². The Hall–Kier alpha value is -2.28. The molecule has 0 atom stereocenters. The fourth-order valence-electron chi connectivity index (χ4n) is 1.51. The Morgan fingerprint density at radius 1 is 1.25 bits per heavy atom. The van der Waals surface area contributed by atoms with Crippen LogP contribution < -0.4 is 4.72 Å². The minimum atomic E-state index is -4.05. The average molecular weight is 294 g/mol. The molecule has 0 spiro atoms. The van der Waals surface area contributed by atoms with Gasteiger partial charge in [-0.1, -0.05) is 6.07 Å². The van der Waals surface area contributed by atoms with Crippen LogP contribution in [0.25, 0.3) is 0 Å². The maximum Gasteiger partial charge on any atom is 0.283 e. The van der Waals surface area contributed by atoms with Crippen LogP contribution in [0.5, 0.6) is 0 Å². The van der Waals surface area contributed by atoms with Crippen LogP contribution >= 0.6 is 0 Å². The molecule has 7 heteroatoms. The number of carbonyl (C=O) groups excluding carboxylic acids is 1. The number of amides is 1. The predicted octanol–water partition coefficient (Wildman–Crippen LogP) is 1.65. The van der Waals surface area contributed by atoms with E-state index in [0.29, 0.717) is 0 Å². The highest BCUT2D eigenvalue weighted by molar-refractivity contribution is 7.90. The lowest BCUT2D eigenvalue weighted by molar-refractivity contribution is 0.0976. The topological polar surface area (TPSA) is 76.1 Å². The van der Waals surface area contributed by atoms with Gasteiger partial charge >= 0.3 is 0 Å². The summed E-state index contributed by atoms with van der Waals surface area (Å²) in [7, 11) is -4.05. The molecule has 1 aromatic heterocycles. The summed E-state index contributed by atoms with van der Waals surface area (Å²) in [5.41, 5.74) is 0.160. The molecule has 0 bridgehead atoms. The lowest BCUT2D eigenvalue weighted by Crippen LogP contribution is -2.31. The van der Waals surface area contributed by atoms with E-state index >= 15 is 0 Å². The van der Waals surface area contributed by atoms with E-state index in [4.69, 9.17) is 0 Å². The molecule has 0 aliphatic rings. The molecule has 0 saturated heterocycles. The third kappa shape index (κ3) is 3.00. The number of benzene rings is 1. The summed E-state index contributed by atoms with van der Waals surface area (Å²) in [6.45, 7) is 1.44. The maximum atomic E-state index is 13.1. The molecule has 0 saturated carbocycles. The molecule has 1 N–H and O–H groups in total. The predicted molar refractivity (Wildman–Crippen MR) is 70.0 cm³/mol. The highest BCUT2D eigenvalue weighted by Crippen LogP contribution is 2.14. The van der Waals surface area contributed by atoms with Crippen LogP contribution in [-0.4, -0.2) is 19.3 Å². The van der Waals surface area contributed by atoms with E-state index in [1.165, 1.54) is 19.2 Å². The second kappa shape index (κ2) is 5.38. The van der Waals surface area contributed by atoms with Gasteiger partial charge in [-0.2, -0.15) is 0 Å². The van der Waals surface area contributed by atoms with Crippen molar-refractivity contribution in [2.45, 2.75) is 11.8 Å². The van der Waals surface area contributed by atoms with Crippen LogP contribution in [-0.2, 0) is 10.0 Å². The second-order valence-corrected chi connectivity index (χ2v) is 5.74. The van der Waals surface area contributed by atoms with Crippen molar-refractivity contribution in [1.82, 2.24) is 9.71 Å². The van der Waals surface area contributed by atoms with Crippen molar-refractivity contribution < 1.29 is 17.6 Å². The molecule has 1 amide bonds. The number of aromatic nitrogens is 1. The average Bonchev–Trinajstić information content (AvgIpc) is 2.42. The van der Waals surface area contributed by atoms with Crippen molar-refractivity contribution in [3.8, 4) is 0 Å². The van der Waals surface area contributed by atoms with Gasteiger partial charge in [0.25, 0.3) is 15.9 Å². The molecule has 5 nitrogen and oxygen atoms in total. The number of rotatable bonds is 3. The summed E-state index contributed by atoms with van der Waals surface area (Å²) in [5.74, 6) is -1.35. The van der Waals surface area contributed by atoms with Crippen molar-refractivity contribution in [1.29, 1.82) is 0 Å². The number of nitrogens with one attached hydrogen (secondary N) is 1. The van der Waals surface area contributed by atoms with Crippen LogP contribution in [0.15, 0.2) is 47.5 Å². The van der Waals surface area contributed by atoms with E-state index in [2.05, 4.69) is 4.98 Å². The molecule has 1 aromatic carbocycles. The van der Waals surface area contributed by atoms with Gasteiger partial charge in [0, 0.05) is 6.20 Å². The van der Waals surface area contributed by atoms with Gasteiger partial charge in [-0.15, -0.1) is 0 Å². The van der Waals surface area contributed by atoms with Gasteiger partial charge in [0.05, 0.1) is 4.90 Å². The van der Waals surface area contributed by atoms with Crippen molar-refractivity contribution in [2.24, 2.45) is 0 Å². The third-order valence-corrected chi connectivity index (χ3v) is 3.89. The number of aryl methyl sites for hydroxylation is 1. The summed E-state index contributed by atoms with van der Waals surface area (Å²) >= 11 is 0. The molecule has 0 unspecified atom stereocenters. The molecule has 0 radical (unpaired) electrons. The second-order valence-electron chi connectivity index (χ2n) is 4.06. The number of sulfonamides is 1. The minimum Gasteiger partial charge on any atom is -0.266 e. The summed E-state index contributed by atoms with van der Waals surface area (Å²) < 4.78 is 39.0. The minimum absolute atomic E-state index is 0.0186. The quantitative estimate of drug-likeness (QED) is 0.934. The Balaban J connectivity index is 2.27. The van der Waals surface area contributed by atoms with E-state index in [0.717, 1.165) is 18.2 Å². The Morgan fingerprint density at radius 3 is 2.60 bits per heavy atom. The highest BCUT2D eigenvalue weighted by Gasteiger charge is 2.19. The first-order valence-electron chi connectivity index (χ1n) is 5.64. The smallest absolute Gasteiger partial charge is 0.266 e. The molecular formula is C13H11FN2O3S. The summed E-state index contributed by atoms with van der Waals surface area (Å²) in [6.07, 6.45) is 1.38. The van der Waals surface area contributed by atoms with Crippen LogP contribution in [0.3, 0.4) is 0 Å². The lowest BCUT2D eigenvalue weighted by Gasteiger charge is -2.07. The molecule has 0 aliphatic carbocycles. The fraction of sp³-hybridized carbons (Fsp3) is 0.0769. The number of carbonyl (C=O) groups is 1. The van der Waals surface area contributed by atoms with Gasteiger partial charge < -0.3 is 0 Å². The fourth-order valence-corrected chi connectivity index (χ4v) is 2.56. The molecule has 0 aliphatic heterocycles. The summed E-state index contributed by atoms with van der Waals surface area (Å²) in [4.78, 5) is 15.3. The SMILES string of the molecule is Cc1cc(S(=O)(=O)NC(=O)c2ccccn2)ccc1F. The van der Waals surface area contributed by atoms with E-state index in [9.17, 15) is 17.6 Å². The van der Waals surface area contributed by atoms with E-state index < -0.39 is 21.7 Å². The molecule has 0 fully saturated rings. The number of hydrogen-bond acceptors (Lipinski definition) is 4. The van der Waals surface area contributed by atoms with Gasteiger partial charge in [0.15, 0.2) is 0 Å². The van der Waals surface area contributed by atoms with Crippen LogP contribution in [0.1, 0.15) is 16.1 Å². The molecule has 2 aromatic rings. The number of nitrogens with zero attached hydrogens (tertiary/aromatic N) is 1. The van der Waals surface area contributed by atoms with E-state index in [-0.39, 0.29) is 16.2 Å². The Kier molecular flexibility index (Phi) is 3.80. The van der Waals surface area contributed by atoms with Crippen LogP contribution in [0.2, 0.25) is 0 Å². The first kappa shape index (κ1) is 14.1. The van der Waals surface area contributed by atoms with Crippen LogP contribution in [0.4, 0.5) is 4.39 Å². The van der Waals surface area contributed by atoms with Gasteiger partial charge in [-0.05, 0) is 42.8 Å². The Labute approximate surface area is 115 Å². The Bertz CT molecular complexity index is 745. The normalized spacial score (nSPS) is 11.1. The van der Waals surface area contributed by atoms with Crippen molar-refractivity contribution in [2.75, 3.05) is 0 Å². The largest absolute Gasteiger partial charge is 0.283 e. The van der Waals surface area contributed by atoms with Gasteiger partial charge in [0.2, 0.25) is 0 Å². The number of halogens is 1. The monoisotopic (exact) mass is 294 g/mol. The third-order valence-electron chi connectivity index (χ3n) is 2.56. The zero-order chi connectivity index (χ0) is 14.8. The first-order chi connectivity index (χ1) is 9.40. The van der Waals surface area contributed by atoms with Gasteiger partial charge in [-0.25, -0.2) is 17.5 Å². The van der Waals surface area contributed by atoms with Gasteiger partial charge in [-0.3, -0.25) is 9.78 Å². The van der Waals surface area contributed by atoms with E-state index in [1.807, 2.05) is 4.72 Å². The van der Waals surface area contributed by atoms with E-state index in [1.54, 1.807) is 12.1 Å². The van der Waals surface area contributed by atoms with Crippen molar-refractivity contribution in [3.63, 3.8) is 0 Å². The van der Waals surface area contributed by atoms with Gasteiger partial charge in [0.1, 0.15) is 11.5 Å². The lowest BCUT2D eigenvalue weighted by atomic mass is 10.2. The molecular weight excluding hydrogens is 283 g/mol. The molecule has 20 heavy (non-hydrogen) atoms. The first-order valence-corrected chi connectivity index (χ1v) is 7.13. The summed E-state index contributed by atoms with van der Waals surface area (Å²) in [5, 5.41) is 0. The zero-order valence-electron chi connectivity index (χ0n) is 10.5. The Morgan fingerprint density at radius 2 is 2.00 bits per heavy atom. The summed E-state index contributed by atoms with van der Waals surface area (Å²) in [6, 6.07) is 7.85. The molecule has 2 rings (SSSR count). The zero-order valence-corrected chi connectivity index (χ0v) is 11.3. The van der Waals surface area contributed by atoms with Crippen molar-refractivity contribution >= 4 is 15.9 Å². The molecule has 104 valence electrons. The number of pyridine rings is 1. The maximum absolute atomic E-state index is 13.1. The molecule has 1 heterocycles. The highest BCUT2D eigenvalue weighted by atomic mass is 32.2.